The maximum atomic E-state index is 11.5. The zero-order chi connectivity index (χ0) is 13.1. The lowest BCUT2D eigenvalue weighted by Crippen LogP contribution is -2.18. The molecule has 0 amide bonds. The van der Waals surface area contributed by atoms with E-state index in [0.717, 1.165) is 5.56 Å². The Morgan fingerprint density at radius 2 is 1.56 bits per heavy atom. The molecule has 0 aliphatic carbocycles. The summed E-state index contributed by atoms with van der Waals surface area (Å²) in [7, 11) is 2.63. The highest BCUT2D eigenvalue weighted by Crippen LogP contribution is 2.32. The number of ether oxygens (including phenoxy) is 2. The Kier molecular flexibility index (Phi) is 3.62. The molecule has 0 bridgehead atoms. The van der Waals surface area contributed by atoms with Gasteiger partial charge in [-0.05, 0) is 5.56 Å². The van der Waals surface area contributed by atoms with E-state index >= 15 is 0 Å². The third kappa shape index (κ3) is 2.36. The van der Waals surface area contributed by atoms with E-state index in [2.05, 4.69) is 9.47 Å². The molecule has 1 heterocycles. The molecule has 0 N–H and O–H groups in total. The lowest BCUT2D eigenvalue weighted by atomic mass is 10.2. The summed E-state index contributed by atoms with van der Waals surface area (Å²) in [6.45, 7) is 0.528. The van der Waals surface area contributed by atoms with Crippen LogP contribution in [0.4, 0.5) is 0 Å². The quantitative estimate of drug-likeness (QED) is 0.577. The Morgan fingerprint density at radius 3 is 2.00 bits per heavy atom. The minimum Gasteiger partial charge on any atom is -0.468 e. The molecule has 1 saturated heterocycles. The Bertz CT molecular complexity index is 424. The largest absolute Gasteiger partial charge is 0.468 e. The number of carbonyl (C=O) groups excluding carboxylic acids is 2. The van der Waals surface area contributed by atoms with Gasteiger partial charge in [0, 0.05) is 6.54 Å². The zero-order valence-corrected chi connectivity index (χ0v) is 10.3. The van der Waals surface area contributed by atoms with Crippen molar-refractivity contribution in [3.8, 4) is 0 Å². The average molecular weight is 249 g/mol. The van der Waals surface area contributed by atoms with Crippen LogP contribution in [0.15, 0.2) is 30.3 Å². The highest BCUT2D eigenvalue weighted by atomic mass is 16.5. The lowest BCUT2D eigenvalue weighted by Gasteiger charge is -2.03. The molecule has 18 heavy (non-hydrogen) atoms. The topological polar surface area (TPSA) is 55.6 Å². The molecule has 0 aromatic heterocycles. The third-order valence-corrected chi connectivity index (χ3v) is 3.02. The van der Waals surface area contributed by atoms with E-state index in [1.165, 1.54) is 14.2 Å². The maximum absolute atomic E-state index is 11.5. The predicted molar refractivity (Wildman–Crippen MR) is 63.6 cm³/mol. The molecule has 3 atom stereocenters. The van der Waals surface area contributed by atoms with E-state index in [1.807, 2.05) is 30.3 Å². The van der Waals surface area contributed by atoms with E-state index in [4.69, 9.17) is 0 Å². The highest BCUT2D eigenvalue weighted by molar-refractivity contribution is 5.92. The Hall–Kier alpha value is -1.88. The van der Waals surface area contributed by atoms with Crippen molar-refractivity contribution < 1.29 is 19.1 Å². The van der Waals surface area contributed by atoms with Crippen LogP contribution in [0.5, 0.6) is 0 Å². The van der Waals surface area contributed by atoms with E-state index in [-0.39, 0.29) is 0 Å². The van der Waals surface area contributed by atoms with Crippen molar-refractivity contribution in [1.29, 1.82) is 0 Å². The summed E-state index contributed by atoms with van der Waals surface area (Å²) in [5, 5.41) is 0. The van der Waals surface area contributed by atoms with E-state index in [0.29, 0.717) is 6.54 Å². The number of methoxy groups -OCH3 is 2. The van der Waals surface area contributed by atoms with E-state index in [1.54, 1.807) is 4.90 Å². The van der Waals surface area contributed by atoms with Crippen molar-refractivity contribution in [3.63, 3.8) is 0 Å². The molecule has 0 saturated carbocycles. The molecular formula is C13H15NO4. The number of nitrogens with zero attached hydrogens (tertiary/aromatic N) is 1. The molecular weight excluding hydrogens is 234 g/mol. The second-order valence-corrected chi connectivity index (χ2v) is 4.09. The van der Waals surface area contributed by atoms with Crippen LogP contribution in [-0.4, -0.2) is 43.1 Å². The molecule has 1 aromatic rings. The van der Waals surface area contributed by atoms with Crippen molar-refractivity contribution in [2.75, 3.05) is 14.2 Å². The average Bonchev–Trinajstić information content (AvgIpc) is 3.12. The van der Waals surface area contributed by atoms with Crippen molar-refractivity contribution in [2.45, 2.75) is 18.6 Å². The van der Waals surface area contributed by atoms with Gasteiger partial charge < -0.3 is 9.47 Å². The highest BCUT2D eigenvalue weighted by Gasteiger charge is 2.58. The first kappa shape index (κ1) is 12.6. The van der Waals surface area contributed by atoms with Gasteiger partial charge in [-0.3, -0.25) is 14.5 Å². The van der Waals surface area contributed by atoms with Gasteiger partial charge in [0.2, 0.25) is 0 Å². The van der Waals surface area contributed by atoms with E-state index < -0.39 is 24.0 Å². The van der Waals surface area contributed by atoms with Gasteiger partial charge >= 0.3 is 11.9 Å². The number of hydrogen-bond acceptors (Lipinski definition) is 5. The van der Waals surface area contributed by atoms with Gasteiger partial charge in [0.05, 0.1) is 14.2 Å². The Morgan fingerprint density at radius 1 is 1.06 bits per heavy atom. The number of hydrogen-bond donors (Lipinski definition) is 0. The smallest absolute Gasteiger partial charge is 0.325 e. The number of esters is 2. The summed E-state index contributed by atoms with van der Waals surface area (Å²) in [6, 6.07) is 8.59. The van der Waals surface area contributed by atoms with Gasteiger partial charge in [0.15, 0.2) is 0 Å². The van der Waals surface area contributed by atoms with Crippen molar-refractivity contribution in [2.24, 2.45) is 0 Å². The first-order valence-corrected chi connectivity index (χ1v) is 5.64. The van der Waals surface area contributed by atoms with Gasteiger partial charge in [0.25, 0.3) is 0 Å². The van der Waals surface area contributed by atoms with Crippen molar-refractivity contribution in [1.82, 2.24) is 4.90 Å². The van der Waals surface area contributed by atoms with Gasteiger partial charge in [-0.1, -0.05) is 30.3 Å². The van der Waals surface area contributed by atoms with Gasteiger partial charge in [-0.25, -0.2) is 0 Å². The summed E-state index contributed by atoms with van der Waals surface area (Å²) >= 11 is 0. The predicted octanol–water partition coefficient (Wildman–Crippen LogP) is 0.585. The Balaban J connectivity index is 2.07. The molecule has 1 aliphatic heterocycles. The number of carbonyl (C=O) groups is 2. The summed E-state index contributed by atoms with van der Waals surface area (Å²) in [5.74, 6) is -0.803. The van der Waals surface area contributed by atoms with Crippen LogP contribution in [0, 0.1) is 0 Å². The second-order valence-electron chi connectivity index (χ2n) is 4.09. The number of benzene rings is 1. The summed E-state index contributed by atoms with van der Waals surface area (Å²) < 4.78 is 9.36. The van der Waals surface area contributed by atoms with Gasteiger partial charge in [0.1, 0.15) is 12.1 Å². The monoisotopic (exact) mass is 249 g/mol. The molecule has 2 rings (SSSR count). The molecule has 1 aliphatic rings. The molecule has 96 valence electrons. The molecule has 1 unspecified atom stereocenters. The number of rotatable bonds is 4. The molecule has 1 aromatic carbocycles. The van der Waals surface area contributed by atoms with Crippen LogP contribution in [0.1, 0.15) is 5.56 Å². The van der Waals surface area contributed by atoms with Crippen LogP contribution < -0.4 is 0 Å². The van der Waals surface area contributed by atoms with E-state index in [9.17, 15) is 9.59 Å². The van der Waals surface area contributed by atoms with Crippen molar-refractivity contribution in [3.05, 3.63) is 35.9 Å². The minimum atomic E-state index is -0.525. The van der Waals surface area contributed by atoms with Crippen LogP contribution in [0.3, 0.4) is 0 Å². The van der Waals surface area contributed by atoms with Crippen LogP contribution >= 0.6 is 0 Å². The summed E-state index contributed by atoms with van der Waals surface area (Å²) in [6.07, 6.45) is 0. The lowest BCUT2D eigenvalue weighted by molar-refractivity contribution is -0.144. The van der Waals surface area contributed by atoms with Crippen LogP contribution in [-0.2, 0) is 25.6 Å². The molecule has 0 spiro atoms. The minimum absolute atomic E-state index is 0.402. The Labute approximate surface area is 105 Å². The third-order valence-electron chi connectivity index (χ3n) is 3.02. The summed E-state index contributed by atoms with van der Waals surface area (Å²) in [4.78, 5) is 24.8. The first-order chi connectivity index (χ1) is 8.69. The molecule has 0 radical (unpaired) electrons. The fourth-order valence-corrected chi connectivity index (χ4v) is 2.04. The maximum Gasteiger partial charge on any atom is 0.325 e. The fraction of sp³-hybridized carbons (Fsp3) is 0.385. The molecule has 5 nitrogen and oxygen atoms in total. The zero-order valence-electron chi connectivity index (χ0n) is 10.3. The van der Waals surface area contributed by atoms with Crippen molar-refractivity contribution >= 4 is 11.9 Å². The first-order valence-electron chi connectivity index (χ1n) is 5.64. The molecule has 1 fully saturated rings. The van der Waals surface area contributed by atoms with Crippen LogP contribution in [0.25, 0.3) is 0 Å². The van der Waals surface area contributed by atoms with Crippen LogP contribution in [0.2, 0.25) is 0 Å². The fourth-order valence-electron chi connectivity index (χ4n) is 2.04. The normalized spacial score (nSPS) is 25.3. The standard InChI is InChI=1S/C13H15NO4/c1-17-12(15)10-11(13(16)18-2)14(10)8-9-6-4-3-5-7-9/h3-7,10-11H,8H2,1-2H3/t10-,11+,14?. The second kappa shape index (κ2) is 5.18. The van der Waals surface area contributed by atoms with Gasteiger partial charge in [-0.2, -0.15) is 0 Å². The SMILES string of the molecule is COC(=O)[C@@H]1[C@H](C(=O)OC)N1Cc1ccccc1. The van der Waals surface area contributed by atoms with Gasteiger partial charge in [-0.15, -0.1) is 0 Å². The summed E-state index contributed by atoms with van der Waals surface area (Å²) in [5.41, 5.74) is 1.04. The molecule has 5 heteroatoms.